The van der Waals surface area contributed by atoms with Crippen LogP contribution in [0.1, 0.15) is 40.5 Å². The van der Waals surface area contributed by atoms with Crippen molar-refractivity contribution in [3.8, 4) is 0 Å². The molecule has 11 heteroatoms. The van der Waals surface area contributed by atoms with Crippen molar-refractivity contribution < 1.29 is 76.5 Å². The van der Waals surface area contributed by atoms with E-state index in [1.165, 1.54) is 0 Å². The van der Waals surface area contributed by atoms with Gasteiger partial charge < -0.3 is 39.3 Å². The SMILES string of the molecule is CCOCCOC(CCCNC(=O)OC(C)(C)C)(C(=O)[O-])C(=O)[O-].[Li+].[Li+]. The van der Waals surface area contributed by atoms with Crippen LogP contribution in [0.5, 0.6) is 0 Å². The molecule has 0 unspecified atom stereocenters. The van der Waals surface area contributed by atoms with Gasteiger partial charge in [0.25, 0.3) is 0 Å². The minimum absolute atomic E-state index is 0. The molecule has 140 valence electrons. The number of carboxylic acid groups (broad SMARTS) is 2. The van der Waals surface area contributed by atoms with Crippen LogP contribution in [0, 0.1) is 0 Å². The average molecular weight is 361 g/mol. The van der Waals surface area contributed by atoms with Crippen LogP contribution in [0.3, 0.4) is 0 Å². The van der Waals surface area contributed by atoms with Gasteiger partial charge in [-0.15, -0.1) is 0 Å². The quantitative estimate of drug-likeness (QED) is 0.218. The zero-order chi connectivity index (χ0) is 18.8. The molecule has 0 bridgehead atoms. The molecule has 0 heterocycles. The van der Waals surface area contributed by atoms with Gasteiger partial charge in [0.1, 0.15) is 11.2 Å². The Hall–Kier alpha value is -0.675. The van der Waals surface area contributed by atoms with Crippen LogP contribution >= 0.6 is 0 Å². The van der Waals surface area contributed by atoms with Crippen LogP contribution in [0.4, 0.5) is 4.79 Å². The summed E-state index contributed by atoms with van der Waals surface area (Å²) in [5.74, 6) is -3.81. The van der Waals surface area contributed by atoms with Crippen molar-refractivity contribution in [1.82, 2.24) is 5.32 Å². The third-order valence-corrected chi connectivity index (χ3v) is 2.81. The van der Waals surface area contributed by atoms with Crippen molar-refractivity contribution in [3.05, 3.63) is 0 Å². The first kappa shape index (κ1) is 30.1. The van der Waals surface area contributed by atoms with Gasteiger partial charge in [-0.1, -0.05) is 0 Å². The van der Waals surface area contributed by atoms with Crippen LogP contribution in [0.2, 0.25) is 0 Å². The second-order valence-corrected chi connectivity index (χ2v) is 5.98. The Morgan fingerprint density at radius 3 is 1.96 bits per heavy atom. The largest absolute Gasteiger partial charge is 1.00 e. The van der Waals surface area contributed by atoms with Crippen molar-refractivity contribution in [1.29, 1.82) is 0 Å². The summed E-state index contributed by atoms with van der Waals surface area (Å²) in [6.07, 6.45) is -1.11. The number of aliphatic carboxylic acids is 2. The Morgan fingerprint density at radius 2 is 1.54 bits per heavy atom. The summed E-state index contributed by atoms with van der Waals surface area (Å²) in [4.78, 5) is 33.9. The minimum Gasteiger partial charge on any atom is -0.547 e. The molecule has 26 heavy (non-hydrogen) atoms. The number of nitrogens with one attached hydrogen (secondary N) is 1. The zero-order valence-electron chi connectivity index (χ0n) is 16.5. The maximum Gasteiger partial charge on any atom is 1.00 e. The molecule has 0 aliphatic rings. The van der Waals surface area contributed by atoms with Crippen LogP contribution in [-0.2, 0) is 23.8 Å². The number of hydrogen-bond acceptors (Lipinski definition) is 8. The fourth-order valence-corrected chi connectivity index (χ4v) is 1.74. The molecule has 0 radical (unpaired) electrons. The Kier molecular flexibility index (Phi) is 16.6. The van der Waals surface area contributed by atoms with Gasteiger partial charge in [-0.05, 0) is 40.5 Å². The molecule has 1 N–H and O–H groups in total. The van der Waals surface area contributed by atoms with Gasteiger partial charge in [0.05, 0.1) is 25.2 Å². The monoisotopic (exact) mass is 361 g/mol. The molecule has 0 aromatic heterocycles. The van der Waals surface area contributed by atoms with Crippen LogP contribution in [0.25, 0.3) is 0 Å². The third kappa shape index (κ3) is 11.8. The maximum atomic E-state index is 11.5. The van der Waals surface area contributed by atoms with E-state index in [9.17, 15) is 24.6 Å². The number of ether oxygens (including phenoxy) is 3. The summed E-state index contributed by atoms with van der Waals surface area (Å²) in [6, 6.07) is 0. The van der Waals surface area contributed by atoms with E-state index in [4.69, 9.17) is 14.2 Å². The first-order valence-corrected chi connectivity index (χ1v) is 7.66. The van der Waals surface area contributed by atoms with Gasteiger partial charge in [-0.2, -0.15) is 0 Å². The molecule has 0 aromatic rings. The molecule has 0 rings (SSSR count). The molecule has 0 atom stereocenters. The predicted molar refractivity (Wildman–Crippen MR) is 78.7 cm³/mol. The summed E-state index contributed by atoms with van der Waals surface area (Å²) in [6.45, 7) is 6.98. The fraction of sp³-hybridized carbons (Fsp3) is 0.800. The van der Waals surface area contributed by atoms with Gasteiger partial charge in [0, 0.05) is 13.2 Å². The summed E-state index contributed by atoms with van der Waals surface area (Å²) >= 11 is 0. The van der Waals surface area contributed by atoms with Crippen molar-refractivity contribution in [2.45, 2.75) is 51.7 Å². The molecular weight excluding hydrogens is 336 g/mol. The second-order valence-electron chi connectivity index (χ2n) is 5.98. The average Bonchev–Trinajstić information content (AvgIpc) is 2.43. The molecule has 0 aliphatic heterocycles. The number of carbonyl (C=O) groups is 3. The van der Waals surface area contributed by atoms with Crippen LogP contribution in [-0.4, -0.2) is 55.6 Å². The summed E-state index contributed by atoms with van der Waals surface area (Å²) < 4.78 is 14.9. The Balaban J connectivity index is -0.00000264. The normalized spacial score (nSPS) is 10.9. The molecule has 0 aliphatic carbocycles. The van der Waals surface area contributed by atoms with Gasteiger partial charge in [0.15, 0.2) is 0 Å². The van der Waals surface area contributed by atoms with E-state index in [1.807, 2.05) is 0 Å². The third-order valence-electron chi connectivity index (χ3n) is 2.81. The molecule has 0 saturated heterocycles. The predicted octanol–water partition coefficient (Wildman–Crippen LogP) is -7.41. The first-order chi connectivity index (χ1) is 11.0. The van der Waals surface area contributed by atoms with Crippen molar-refractivity contribution >= 4 is 18.0 Å². The summed E-state index contributed by atoms with van der Waals surface area (Å²) in [5.41, 5.74) is -3.26. The standard InChI is InChI=1S/C15H27NO8.2Li/c1-5-22-9-10-23-15(11(17)18,12(19)20)7-6-8-16-13(21)24-14(2,3)4;;/h5-10H2,1-4H3,(H,16,21)(H,17,18)(H,19,20);;/q;2*+1/p-2. The number of amides is 1. The summed E-state index contributed by atoms with van der Waals surface area (Å²) in [5, 5.41) is 24.9. The van der Waals surface area contributed by atoms with Gasteiger partial charge in [-0.25, -0.2) is 4.79 Å². The fourth-order valence-electron chi connectivity index (χ4n) is 1.74. The molecular formula is C15H25Li2NO8. The topological polar surface area (TPSA) is 137 Å². The number of carbonyl (C=O) groups excluding carboxylic acids is 3. The molecule has 0 spiro atoms. The van der Waals surface area contributed by atoms with Crippen LogP contribution < -0.4 is 53.3 Å². The first-order valence-electron chi connectivity index (χ1n) is 7.66. The smallest absolute Gasteiger partial charge is 0.547 e. The van der Waals surface area contributed by atoms with E-state index in [-0.39, 0.29) is 63.9 Å². The van der Waals surface area contributed by atoms with E-state index in [0.717, 1.165) is 0 Å². The number of carboxylic acids is 2. The Bertz CT molecular complexity index is 426. The maximum absolute atomic E-state index is 11.5. The van der Waals surface area contributed by atoms with Crippen LogP contribution in [0.15, 0.2) is 0 Å². The van der Waals surface area contributed by atoms with E-state index in [1.54, 1.807) is 27.7 Å². The van der Waals surface area contributed by atoms with E-state index >= 15 is 0 Å². The Morgan fingerprint density at radius 1 is 1.00 bits per heavy atom. The van der Waals surface area contributed by atoms with Gasteiger partial charge >= 0.3 is 43.8 Å². The van der Waals surface area contributed by atoms with Crippen molar-refractivity contribution in [3.63, 3.8) is 0 Å². The molecule has 0 fully saturated rings. The molecule has 9 nitrogen and oxygen atoms in total. The van der Waals surface area contributed by atoms with E-state index in [0.29, 0.717) is 6.61 Å². The number of alkyl carbamates (subject to hydrolysis) is 1. The van der Waals surface area contributed by atoms with Crippen molar-refractivity contribution in [2.24, 2.45) is 0 Å². The van der Waals surface area contributed by atoms with E-state index < -0.39 is 35.7 Å². The van der Waals surface area contributed by atoms with Gasteiger partial charge in [0.2, 0.25) is 0 Å². The number of hydrogen-bond donors (Lipinski definition) is 1. The van der Waals surface area contributed by atoms with E-state index in [2.05, 4.69) is 5.32 Å². The Labute approximate surface area is 177 Å². The van der Waals surface area contributed by atoms with Gasteiger partial charge in [-0.3, -0.25) is 0 Å². The molecule has 1 amide bonds. The van der Waals surface area contributed by atoms with Crippen molar-refractivity contribution in [2.75, 3.05) is 26.4 Å². The number of rotatable bonds is 11. The second kappa shape index (κ2) is 14.4. The molecule has 0 aromatic carbocycles. The summed E-state index contributed by atoms with van der Waals surface area (Å²) in [7, 11) is 0. The molecule has 0 saturated carbocycles. The minimum atomic E-state index is -2.59. The zero-order valence-corrected chi connectivity index (χ0v) is 16.5.